The predicted molar refractivity (Wildman–Crippen MR) is 78.6 cm³/mol. The van der Waals surface area contributed by atoms with Crippen molar-refractivity contribution < 1.29 is 9.84 Å². The number of nitrogens with zero attached hydrogens (tertiary/aromatic N) is 1. The van der Waals surface area contributed by atoms with Crippen LogP contribution in [0.25, 0.3) is 0 Å². The summed E-state index contributed by atoms with van der Waals surface area (Å²) < 4.78 is 6.04. The first kappa shape index (κ1) is 14.3. The monoisotopic (exact) mass is 341 g/mol. The Bertz CT molecular complexity index is 577. The summed E-state index contributed by atoms with van der Waals surface area (Å²) in [5.41, 5.74) is 1.76. The average Bonchev–Trinajstić information content (AvgIpc) is 2.39. The van der Waals surface area contributed by atoms with Gasteiger partial charge >= 0.3 is 0 Å². The van der Waals surface area contributed by atoms with E-state index >= 15 is 0 Å². The van der Waals surface area contributed by atoms with Crippen LogP contribution in [0.4, 0.5) is 0 Å². The van der Waals surface area contributed by atoms with E-state index in [9.17, 15) is 5.11 Å². The Morgan fingerprint density at radius 3 is 2.79 bits per heavy atom. The third-order valence-electron chi connectivity index (χ3n) is 2.78. The van der Waals surface area contributed by atoms with Crippen LogP contribution in [0.2, 0.25) is 5.15 Å². The molecule has 0 saturated carbocycles. The molecule has 100 valence electrons. The Kier molecular flexibility index (Phi) is 4.80. The molecule has 1 N–H and O–H groups in total. The van der Waals surface area contributed by atoms with E-state index in [-0.39, 0.29) is 0 Å². The van der Waals surface area contributed by atoms with Crippen molar-refractivity contribution in [1.82, 2.24) is 4.98 Å². The number of aliphatic hydroxyl groups is 1. The van der Waals surface area contributed by atoms with Gasteiger partial charge in [-0.05, 0) is 51.3 Å². The summed E-state index contributed by atoms with van der Waals surface area (Å²) in [5.74, 6) is 0.769. The van der Waals surface area contributed by atoms with E-state index in [1.54, 1.807) is 25.4 Å². The van der Waals surface area contributed by atoms with E-state index in [0.29, 0.717) is 11.6 Å². The van der Waals surface area contributed by atoms with Gasteiger partial charge in [-0.1, -0.05) is 17.7 Å². The molecule has 0 spiro atoms. The molecule has 1 aromatic heterocycles. The highest BCUT2D eigenvalue weighted by Gasteiger charge is 2.10. The zero-order chi connectivity index (χ0) is 13.8. The van der Waals surface area contributed by atoms with E-state index < -0.39 is 6.10 Å². The van der Waals surface area contributed by atoms with Crippen LogP contribution in [0.15, 0.2) is 41.0 Å². The van der Waals surface area contributed by atoms with Gasteiger partial charge in [0.2, 0.25) is 0 Å². The van der Waals surface area contributed by atoms with Crippen LogP contribution < -0.4 is 4.74 Å². The fourth-order valence-electron chi connectivity index (χ4n) is 1.80. The highest BCUT2D eigenvalue weighted by molar-refractivity contribution is 9.10. The molecule has 0 aliphatic rings. The number of aliphatic hydroxyl groups excluding tert-OH is 1. The van der Waals surface area contributed by atoms with Crippen LogP contribution in [0, 0.1) is 0 Å². The van der Waals surface area contributed by atoms with Crippen molar-refractivity contribution in [3.63, 3.8) is 0 Å². The Morgan fingerprint density at radius 1 is 1.37 bits per heavy atom. The highest BCUT2D eigenvalue weighted by Crippen LogP contribution is 2.28. The minimum atomic E-state index is -0.610. The Hall–Kier alpha value is -1.10. The topological polar surface area (TPSA) is 42.4 Å². The van der Waals surface area contributed by atoms with Crippen LogP contribution in [-0.4, -0.2) is 17.2 Å². The fourth-order valence-corrected chi connectivity index (χ4v) is 2.57. The molecule has 0 amide bonds. The molecule has 3 nitrogen and oxygen atoms in total. The second-order valence-electron chi connectivity index (χ2n) is 4.10. The second-order valence-corrected chi connectivity index (χ2v) is 5.34. The number of halogens is 2. The first-order chi connectivity index (χ1) is 9.10. The SMILES string of the molecule is COc1ccc(CC(O)c2ccnc(Cl)c2)cc1Br. The summed E-state index contributed by atoms with van der Waals surface area (Å²) in [6.07, 6.45) is 1.48. The number of benzene rings is 1. The summed E-state index contributed by atoms with van der Waals surface area (Å²) in [7, 11) is 1.62. The molecule has 0 aliphatic carbocycles. The van der Waals surface area contributed by atoms with Gasteiger partial charge in [0.1, 0.15) is 10.9 Å². The van der Waals surface area contributed by atoms with Crippen LogP contribution >= 0.6 is 27.5 Å². The van der Waals surface area contributed by atoms with Crippen molar-refractivity contribution in [2.45, 2.75) is 12.5 Å². The van der Waals surface area contributed by atoms with Gasteiger partial charge in [0, 0.05) is 12.6 Å². The van der Waals surface area contributed by atoms with Gasteiger partial charge in [-0.3, -0.25) is 0 Å². The molecule has 1 atom stereocenters. The van der Waals surface area contributed by atoms with Crippen molar-refractivity contribution in [3.05, 3.63) is 57.3 Å². The zero-order valence-electron chi connectivity index (χ0n) is 10.3. The molecule has 1 aromatic carbocycles. The maximum Gasteiger partial charge on any atom is 0.133 e. The summed E-state index contributed by atoms with van der Waals surface area (Å²) in [5, 5.41) is 10.6. The number of ether oxygens (including phenoxy) is 1. The van der Waals surface area contributed by atoms with E-state index in [0.717, 1.165) is 21.3 Å². The fraction of sp³-hybridized carbons (Fsp3) is 0.214. The zero-order valence-corrected chi connectivity index (χ0v) is 12.6. The van der Waals surface area contributed by atoms with Gasteiger partial charge < -0.3 is 9.84 Å². The molecule has 2 rings (SSSR count). The molecule has 1 heterocycles. The van der Waals surface area contributed by atoms with E-state index in [2.05, 4.69) is 20.9 Å². The van der Waals surface area contributed by atoms with E-state index in [4.69, 9.17) is 16.3 Å². The van der Waals surface area contributed by atoms with Gasteiger partial charge in [0.25, 0.3) is 0 Å². The Labute approximate surface area is 125 Å². The lowest BCUT2D eigenvalue weighted by atomic mass is 10.0. The standard InChI is InChI=1S/C14H13BrClNO2/c1-19-13-3-2-9(6-11(13)15)7-12(18)10-4-5-17-14(16)8-10/h2-6,8,12,18H,7H2,1H3. The van der Waals surface area contributed by atoms with Crippen molar-refractivity contribution in [3.8, 4) is 5.75 Å². The van der Waals surface area contributed by atoms with Gasteiger partial charge in [-0.25, -0.2) is 4.98 Å². The van der Waals surface area contributed by atoms with Gasteiger partial charge in [0.05, 0.1) is 17.7 Å². The molecule has 1 unspecified atom stereocenters. The van der Waals surface area contributed by atoms with Gasteiger partial charge in [-0.2, -0.15) is 0 Å². The normalized spacial score (nSPS) is 12.2. The van der Waals surface area contributed by atoms with Crippen molar-refractivity contribution in [2.75, 3.05) is 7.11 Å². The first-order valence-electron chi connectivity index (χ1n) is 5.72. The number of methoxy groups -OCH3 is 1. The summed E-state index contributed by atoms with van der Waals surface area (Å²) in [4.78, 5) is 3.90. The van der Waals surface area contributed by atoms with Crippen molar-refractivity contribution in [1.29, 1.82) is 0 Å². The number of aromatic nitrogens is 1. The van der Waals surface area contributed by atoms with Gasteiger partial charge in [-0.15, -0.1) is 0 Å². The Balaban J connectivity index is 2.14. The Morgan fingerprint density at radius 2 is 2.16 bits per heavy atom. The number of pyridine rings is 1. The van der Waals surface area contributed by atoms with Crippen molar-refractivity contribution in [2.24, 2.45) is 0 Å². The van der Waals surface area contributed by atoms with E-state index in [1.165, 1.54) is 0 Å². The molecular weight excluding hydrogens is 330 g/mol. The minimum Gasteiger partial charge on any atom is -0.496 e. The lowest BCUT2D eigenvalue weighted by Crippen LogP contribution is -2.02. The molecule has 0 aliphatic heterocycles. The van der Waals surface area contributed by atoms with Crippen molar-refractivity contribution >= 4 is 27.5 Å². The number of rotatable bonds is 4. The van der Waals surface area contributed by atoms with Crippen LogP contribution in [0.3, 0.4) is 0 Å². The maximum atomic E-state index is 10.2. The van der Waals surface area contributed by atoms with E-state index in [1.807, 2.05) is 18.2 Å². The summed E-state index contributed by atoms with van der Waals surface area (Å²) >= 11 is 9.24. The molecule has 0 fully saturated rings. The summed E-state index contributed by atoms with van der Waals surface area (Å²) in [6.45, 7) is 0. The third-order valence-corrected chi connectivity index (χ3v) is 3.61. The molecule has 0 saturated heterocycles. The molecular formula is C14H13BrClNO2. The van der Waals surface area contributed by atoms with Crippen LogP contribution in [0.5, 0.6) is 5.75 Å². The average molecular weight is 343 g/mol. The summed E-state index contributed by atoms with van der Waals surface area (Å²) in [6, 6.07) is 9.16. The third kappa shape index (κ3) is 3.69. The number of hydrogen-bond donors (Lipinski definition) is 1. The molecule has 5 heteroatoms. The molecule has 0 radical (unpaired) electrons. The smallest absolute Gasteiger partial charge is 0.133 e. The molecule has 19 heavy (non-hydrogen) atoms. The molecule has 2 aromatic rings. The number of hydrogen-bond acceptors (Lipinski definition) is 3. The van der Waals surface area contributed by atoms with Crippen LogP contribution in [-0.2, 0) is 6.42 Å². The highest BCUT2D eigenvalue weighted by atomic mass is 79.9. The maximum absolute atomic E-state index is 10.2. The predicted octanol–water partition coefficient (Wildman–Crippen LogP) is 3.78. The lowest BCUT2D eigenvalue weighted by molar-refractivity contribution is 0.178. The van der Waals surface area contributed by atoms with Crippen LogP contribution in [0.1, 0.15) is 17.2 Å². The van der Waals surface area contributed by atoms with Gasteiger partial charge in [0.15, 0.2) is 0 Å². The second kappa shape index (κ2) is 6.37. The quantitative estimate of drug-likeness (QED) is 0.860. The minimum absolute atomic E-state index is 0.382. The largest absolute Gasteiger partial charge is 0.496 e. The first-order valence-corrected chi connectivity index (χ1v) is 6.89. The lowest BCUT2D eigenvalue weighted by Gasteiger charge is -2.12. The molecule has 0 bridgehead atoms.